The molecule has 0 saturated heterocycles. The zero-order valence-electron chi connectivity index (χ0n) is 11.3. The predicted molar refractivity (Wildman–Crippen MR) is 79.4 cm³/mol. The third-order valence-electron chi connectivity index (χ3n) is 3.80. The Labute approximate surface area is 123 Å². The Balaban J connectivity index is 2.35. The maximum Gasteiger partial charge on any atom is 0.294 e. The van der Waals surface area contributed by atoms with Gasteiger partial charge in [0.15, 0.2) is 0 Å². The Kier molecular flexibility index (Phi) is 5.20. The second-order valence-corrected chi connectivity index (χ2v) is 5.54. The molecule has 20 heavy (non-hydrogen) atoms. The molecule has 2 rings (SSSR count). The number of nitro groups is 1. The molecule has 0 unspecified atom stereocenters. The van der Waals surface area contributed by atoms with Crippen molar-refractivity contribution in [1.82, 2.24) is 0 Å². The van der Waals surface area contributed by atoms with Crippen molar-refractivity contribution in [3.63, 3.8) is 0 Å². The third kappa shape index (κ3) is 3.41. The summed E-state index contributed by atoms with van der Waals surface area (Å²) in [5.74, 6) is 0. The second kappa shape index (κ2) is 6.90. The summed E-state index contributed by atoms with van der Waals surface area (Å²) >= 11 is 5.86. The average molecular weight is 299 g/mol. The molecule has 0 aromatic heterocycles. The van der Waals surface area contributed by atoms with Crippen molar-refractivity contribution in [1.29, 1.82) is 0 Å². The predicted octanol–water partition coefficient (Wildman–Crippen LogP) is 3.38. The molecular weight excluding hydrogens is 280 g/mol. The molecule has 0 atom stereocenters. The zero-order valence-corrected chi connectivity index (χ0v) is 12.1. The number of aliphatic hydroxyl groups is 1. The fraction of sp³-hybridized carbons (Fsp3) is 0.571. The van der Waals surface area contributed by atoms with Gasteiger partial charge in [-0.2, -0.15) is 0 Å². The molecule has 1 N–H and O–H groups in total. The van der Waals surface area contributed by atoms with E-state index in [4.69, 9.17) is 11.6 Å². The standard InChI is InChI=1S/C14H19ClN2O3/c15-11-6-7-13(14(10-11)17(19)20)16(8-9-18)12-4-2-1-3-5-12/h6-7,10,12,18H,1-5,8-9H2. The number of hydrogen-bond acceptors (Lipinski definition) is 4. The van der Waals surface area contributed by atoms with Crippen molar-refractivity contribution in [3.05, 3.63) is 33.3 Å². The van der Waals surface area contributed by atoms with Crippen molar-refractivity contribution in [2.75, 3.05) is 18.1 Å². The summed E-state index contributed by atoms with van der Waals surface area (Å²) in [6.45, 7) is 0.392. The maximum atomic E-state index is 11.2. The summed E-state index contributed by atoms with van der Waals surface area (Å²) in [4.78, 5) is 12.8. The fourth-order valence-electron chi connectivity index (χ4n) is 2.89. The third-order valence-corrected chi connectivity index (χ3v) is 4.04. The van der Waals surface area contributed by atoms with Crippen LogP contribution in [0.3, 0.4) is 0 Å². The number of rotatable bonds is 5. The van der Waals surface area contributed by atoms with Crippen LogP contribution < -0.4 is 4.90 Å². The molecule has 1 aliphatic carbocycles. The van der Waals surface area contributed by atoms with Gasteiger partial charge in [0.05, 0.1) is 11.5 Å². The SMILES string of the molecule is O=[N+]([O-])c1cc(Cl)ccc1N(CCO)C1CCCCC1. The summed E-state index contributed by atoms with van der Waals surface area (Å²) in [5, 5.41) is 20.9. The van der Waals surface area contributed by atoms with Crippen LogP contribution in [0.25, 0.3) is 0 Å². The first-order valence-electron chi connectivity index (χ1n) is 6.95. The highest BCUT2D eigenvalue weighted by Gasteiger charge is 2.26. The van der Waals surface area contributed by atoms with Gasteiger partial charge in [0, 0.05) is 23.7 Å². The molecule has 110 valence electrons. The van der Waals surface area contributed by atoms with Gasteiger partial charge in [0.1, 0.15) is 5.69 Å². The van der Waals surface area contributed by atoms with E-state index < -0.39 is 4.92 Å². The van der Waals surface area contributed by atoms with Crippen LogP contribution in [0.4, 0.5) is 11.4 Å². The van der Waals surface area contributed by atoms with Crippen molar-refractivity contribution in [2.45, 2.75) is 38.1 Å². The average Bonchev–Trinajstić information content (AvgIpc) is 2.46. The lowest BCUT2D eigenvalue weighted by atomic mass is 9.93. The minimum Gasteiger partial charge on any atom is -0.395 e. The van der Waals surface area contributed by atoms with Crippen LogP contribution in [-0.2, 0) is 0 Å². The lowest BCUT2D eigenvalue weighted by Gasteiger charge is -2.35. The highest BCUT2D eigenvalue weighted by molar-refractivity contribution is 6.30. The normalized spacial score (nSPS) is 16.1. The Morgan fingerprint density at radius 3 is 2.65 bits per heavy atom. The van der Waals surface area contributed by atoms with Crippen LogP contribution in [0, 0.1) is 10.1 Å². The van der Waals surface area contributed by atoms with Gasteiger partial charge < -0.3 is 10.0 Å². The topological polar surface area (TPSA) is 66.6 Å². The van der Waals surface area contributed by atoms with Crippen molar-refractivity contribution in [2.24, 2.45) is 0 Å². The van der Waals surface area contributed by atoms with E-state index >= 15 is 0 Å². The van der Waals surface area contributed by atoms with E-state index in [0.29, 0.717) is 17.3 Å². The van der Waals surface area contributed by atoms with Crippen molar-refractivity contribution in [3.8, 4) is 0 Å². The highest BCUT2D eigenvalue weighted by atomic mass is 35.5. The minimum absolute atomic E-state index is 0.0107. The second-order valence-electron chi connectivity index (χ2n) is 5.10. The number of halogens is 1. The van der Waals surface area contributed by atoms with Crippen LogP contribution >= 0.6 is 11.6 Å². The Hall–Kier alpha value is -1.33. The van der Waals surface area contributed by atoms with Crippen LogP contribution in [-0.4, -0.2) is 29.2 Å². The lowest BCUT2D eigenvalue weighted by molar-refractivity contribution is -0.384. The van der Waals surface area contributed by atoms with Gasteiger partial charge in [0.2, 0.25) is 0 Å². The summed E-state index contributed by atoms with van der Waals surface area (Å²) in [5.41, 5.74) is 0.567. The number of benzene rings is 1. The van der Waals surface area contributed by atoms with Gasteiger partial charge >= 0.3 is 0 Å². The molecule has 1 aromatic carbocycles. The van der Waals surface area contributed by atoms with E-state index in [1.165, 1.54) is 12.5 Å². The highest BCUT2D eigenvalue weighted by Crippen LogP contribution is 2.35. The van der Waals surface area contributed by atoms with E-state index in [0.717, 1.165) is 25.7 Å². The molecule has 0 amide bonds. The van der Waals surface area contributed by atoms with E-state index in [1.807, 2.05) is 4.90 Å². The Morgan fingerprint density at radius 1 is 1.35 bits per heavy atom. The fourth-order valence-corrected chi connectivity index (χ4v) is 3.05. The van der Waals surface area contributed by atoms with E-state index in [-0.39, 0.29) is 18.3 Å². The van der Waals surface area contributed by atoms with Crippen LogP contribution in [0.5, 0.6) is 0 Å². The first kappa shape index (κ1) is 15.1. The number of aliphatic hydroxyl groups excluding tert-OH is 1. The number of hydrogen-bond donors (Lipinski definition) is 1. The van der Waals surface area contributed by atoms with Gasteiger partial charge in [0.25, 0.3) is 5.69 Å². The summed E-state index contributed by atoms with van der Waals surface area (Å²) in [6, 6.07) is 4.99. The van der Waals surface area contributed by atoms with E-state index in [9.17, 15) is 15.2 Å². The summed E-state index contributed by atoms with van der Waals surface area (Å²) < 4.78 is 0. The minimum atomic E-state index is -0.408. The Bertz CT molecular complexity index is 475. The molecule has 0 aliphatic heterocycles. The van der Waals surface area contributed by atoms with Gasteiger partial charge in [-0.25, -0.2) is 0 Å². The molecule has 1 saturated carbocycles. The molecule has 0 radical (unpaired) electrons. The summed E-state index contributed by atoms with van der Waals surface area (Å²) in [7, 11) is 0. The first-order chi connectivity index (χ1) is 9.63. The maximum absolute atomic E-state index is 11.2. The monoisotopic (exact) mass is 298 g/mol. The van der Waals surface area contributed by atoms with Crippen LogP contribution in [0.2, 0.25) is 5.02 Å². The molecule has 5 nitrogen and oxygen atoms in total. The first-order valence-corrected chi connectivity index (χ1v) is 7.32. The molecular formula is C14H19ClN2O3. The largest absolute Gasteiger partial charge is 0.395 e. The smallest absolute Gasteiger partial charge is 0.294 e. The molecule has 0 heterocycles. The quantitative estimate of drug-likeness (QED) is 0.668. The number of nitrogens with zero attached hydrogens (tertiary/aromatic N) is 2. The lowest BCUT2D eigenvalue weighted by Crippen LogP contribution is -2.39. The van der Waals surface area contributed by atoms with Crippen molar-refractivity contribution < 1.29 is 10.0 Å². The van der Waals surface area contributed by atoms with Gasteiger partial charge in [-0.3, -0.25) is 10.1 Å². The Morgan fingerprint density at radius 2 is 2.05 bits per heavy atom. The van der Waals surface area contributed by atoms with Crippen molar-refractivity contribution >= 4 is 23.0 Å². The van der Waals surface area contributed by atoms with Gasteiger partial charge in [-0.1, -0.05) is 30.9 Å². The van der Waals surface area contributed by atoms with E-state index in [1.54, 1.807) is 12.1 Å². The van der Waals surface area contributed by atoms with Crippen LogP contribution in [0.15, 0.2) is 18.2 Å². The molecule has 0 spiro atoms. The van der Waals surface area contributed by atoms with E-state index in [2.05, 4.69) is 0 Å². The molecule has 1 aromatic rings. The van der Waals surface area contributed by atoms with Crippen LogP contribution in [0.1, 0.15) is 32.1 Å². The molecule has 6 heteroatoms. The molecule has 0 bridgehead atoms. The molecule has 1 aliphatic rings. The number of nitro benzene ring substituents is 1. The number of anilines is 1. The zero-order chi connectivity index (χ0) is 14.5. The van der Waals surface area contributed by atoms with Gasteiger partial charge in [-0.15, -0.1) is 0 Å². The van der Waals surface area contributed by atoms with Gasteiger partial charge in [-0.05, 0) is 25.0 Å². The summed E-state index contributed by atoms with van der Waals surface area (Å²) in [6.07, 6.45) is 5.51. The molecule has 1 fully saturated rings.